The van der Waals surface area contributed by atoms with Crippen LogP contribution in [-0.4, -0.2) is 36.8 Å². The third-order valence-corrected chi connectivity index (χ3v) is 3.80. The highest BCUT2D eigenvalue weighted by Crippen LogP contribution is 2.24. The largest absolute Gasteiger partial charge is 0.396 e. The average Bonchev–Trinajstić information content (AvgIpc) is 2.57. The van der Waals surface area contributed by atoms with E-state index >= 15 is 0 Å². The zero-order chi connectivity index (χ0) is 13.8. The first kappa shape index (κ1) is 14.0. The number of aryl methyl sites for hydroxylation is 1. The molecule has 1 aliphatic rings. The third kappa shape index (κ3) is 2.96. The Hall–Kier alpha value is -1.39. The lowest BCUT2D eigenvalue weighted by molar-refractivity contribution is -0.120. The second kappa shape index (κ2) is 6.17. The van der Waals surface area contributed by atoms with Crippen molar-refractivity contribution >= 4 is 11.6 Å². The van der Waals surface area contributed by atoms with E-state index in [4.69, 9.17) is 5.11 Å². The van der Waals surface area contributed by atoms with Crippen LogP contribution in [0.3, 0.4) is 0 Å². The lowest BCUT2D eigenvalue weighted by atomic mass is 10.1. The molecule has 1 aromatic rings. The maximum Gasteiger partial charge on any atom is 0.244 e. The van der Waals surface area contributed by atoms with Crippen molar-refractivity contribution in [3.05, 3.63) is 29.3 Å². The first-order chi connectivity index (χ1) is 9.15. The lowest BCUT2D eigenvalue weighted by Crippen LogP contribution is -2.44. The van der Waals surface area contributed by atoms with E-state index < -0.39 is 0 Å². The van der Waals surface area contributed by atoms with E-state index in [1.807, 2.05) is 17.0 Å². The van der Waals surface area contributed by atoms with Gasteiger partial charge >= 0.3 is 0 Å². The number of nitrogens with zero attached hydrogens (tertiary/aromatic N) is 1. The Kier molecular flexibility index (Phi) is 4.56. The molecule has 19 heavy (non-hydrogen) atoms. The monoisotopic (exact) mass is 262 g/mol. The van der Waals surface area contributed by atoms with Crippen LogP contribution in [-0.2, 0) is 4.79 Å². The van der Waals surface area contributed by atoms with Gasteiger partial charge in [-0.3, -0.25) is 4.79 Å². The van der Waals surface area contributed by atoms with Gasteiger partial charge in [0, 0.05) is 18.8 Å². The minimum Gasteiger partial charge on any atom is -0.396 e. The minimum absolute atomic E-state index is 0.0318. The summed E-state index contributed by atoms with van der Waals surface area (Å²) in [6.07, 6.45) is 1.40. The summed E-state index contributed by atoms with van der Waals surface area (Å²) in [6, 6.07) is 5.78. The van der Waals surface area contributed by atoms with Crippen LogP contribution < -0.4 is 10.2 Å². The predicted octanol–water partition coefficient (Wildman–Crippen LogP) is 1.38. The Morgan fingerprint density at radius 3 is 2.95 bits per heavy atom. The molecule has 1 saturated heterocycles. The van der Waals surface area contributed by atoms with Crippen LogP contribution in [0.25, 0.3) is 0 Å². The molecule has 0 aliphatic carbocycles. The first-order valence-electron chi connectivity index (χ1n) is 6.87. The maximum atomic E-state index is 12.6. The fourth-order valence-electron chi connectivity index (χ4n) is 2.52. The normalized spacial score (nSPS) is 20.5. The van der Waals surface area contributed by atoms with Gasteiger partial charge in [-0.15, -0.1) is 0 Å². The average molecular weight is 262 g/mol. The molecule has 4 nitrogen and oxygen atoms in total. The Labute approximate surface area is 114 Å². The molecule has 1 fully saturated rings. The van der Waals surface area contributed by atoms with Crippen molar-refractivity contribution < 1.29 is 9.90 Å². The van der Waals surface area contributed by atoms with E-state index in [0.29, 0.717) is 6.42 Å². The van der Waals surface area contributed by atoms with Crippen LogP contribution >= 0.6 is 0 Å². The van der Waals surface area contributed by atoms with Crippen LogP contribution in [0.1, 0.15) is 24.0 Å². The van der Waals surface area contributed by atoms with Gasteiger partial charge in [0.15, 0.2) is 0 Å². The molecular formula is C15H22N2O2. The second-order valence-corrected chi connectivity index (χ2v) is 5.08. The number of nitrogens with one attached hydrogen (secondary N) is 1. The maximum absolute atomic E-state index is 12.6. The second-order valence-electron chi connectivity index (χ2n) is 5.08. The summed E-state index contributed by atoms with van der Waals surface area (Å²) in [7, 11) is 0. The third-order valence-electron chi connectivity index (χ3n) is 3.80. The molecule has 0 spiro atoms. The van der Waals surface area contributed by atoms with Crippen LogP contribution in [0.15, 0.2) is 18.2 Å². The van der Waals surface area contributed by atoms with Crippen LogP contribution in [0.2, 0.25) is 0 Å². The molecule has 4 heteroatoms. The number of aliphatic hydroxyl groups is 1. The SMILES string of the molecule is Cc1cccc(N2CCCNC(CCO)C2=O)c1C. The van der Waals surface area contributed by atoms with Crippen molar-refractivity contribution in [3.63, 3.8) is 0 Å². The van der Waals surface area contributed by atoms with Crippen molar-refractivity contribution in [2.24, 2.45) is 0 Å². The molecule has 2 rings (SSSR count). The predicted molar refractivity (Wildman–Crippen MR) is 76.4 cm³/mol. The number of rotatable bonds is 3. The highest BCUT2D eigenvalue weighted by atomic mass is 16.3. The molecule has 1 amide bonds. The number of aliphatic hydroxyl groups excluding tert-OH is 1. The minimum atomic E-state index is -0.271. The number of carbonyl (C=O) groups is 1. The topological polar surface area (TPSA) is 52.6 Å². The van der Waals surface area contributed by atoms with Gasteiger partial charge in [-0.2, -0.15) is 0 Å². The van der Waals surface area contributed by atoms with Crippen molar-refractivity contribution in [3.8, 4) is 0 Å². The number of hydrogen-bond donors (Lipinski definition) is 2. The van der Waals surface area contributed by atoms with Gasteiger partial charge in [-0.25, -0.2) is 0 Å². The molecule has 1 heterocycles. The van der Waals surface area contributed by atoms with E-state index in [-0.39, 0.29) is 18.6 Å². The van der Waals surface area contributed by atoms with Crippen molar-refractivity contribution in [2.75, 3.05) is 24.6 Å². The number of benzene rings is 1. The molecule has 1 aliphatic heterocycles. The number of anilines is 1. The zero-order valence-corrected chi connectivity index (χ0v) is 11.6. The van der Waals surface area contributed by atoms with E-state index in [0.717, 1.165) is 30.8 Å². The summed E-state index contributed by atoms with van der Waals surface area (Å²) < 4.78 is 0. The Balaban J connectivity index is 2.30. The number of carbonyl (C=O) groups excluding carboxylic acids is 1. The fourth-order valence-corrected chi connectivity index (χ4v) is 2.52. The summed E-state index contributed by atoms with van der Waals surface area (Å²) in [4.78, 5) is 14.4. The molecule has 104 valence electrons. The fraction of sp³-hybridized carbons (Fsp3) is 0.533. The van der Waals surface area contributed by atoms with E-state index in [9.17, 15) is 4.79 Å². The summed E-state index contributed by atoms with van der Waals surface area (Å²) in [6.45, 7) is 5.70. The van der Waals surface area contributed by atoms with Crippen LogP contribution in [0, 0.1) is 13.8 Å². The number of hydrogen-bond acceptors (Lipinski definition) is 3. The van der Waals surface area contributed by atoms with Gasteiger partial charge in [0.1, 0.15) is 0 Å². The van der Waals surface area contributed by atoms with Crippen LogP contribution in [0.4, 0.5) is 5.69 Å². The van der Waals surface area contributed by atoms with Crippen molar-refractivity contribution in [2.45, 2.75) is 32.7 Å². The lowest BCUT2D eigenvalue weighted by Gasteiger charge is -2.26. The van der Waals surface area contributed by atoms with Gasteiger partial charge in [0.05, 0.1) is 6.04 Å². The van der Waals surface area contributed by atoms with E-state index in [1.54, 1.807) is 0 Å². The summed E-state index contributed by atoms with van der Waals surface area (Å²) in [5.74, 6) is 0.0697. The number of amides is 1. The van der Waals surface area contributed by atoms with Crippen LogP contribution in [0.5, 0.6) is 0 Å². The Morgan fingerprint density at radius 1 is 1.42 bits per heavy atom. The molecule has 0 saturated carbocycles. The molecule has 0 aromatic heterocycles. The summed E-state index contributed by atoms with van der Waals surface area (Å²) in [5.41, 5.74) is 3.35. The van der Waals surface area contributed by atoms with Gasteiger partial charge < -0.3 is 15.3 Å². The highest BCUT2D eigenvalue weighted by molar-refractivity contribution is 5.98. The molecule has 1 atom stereocenters. The van der Waals surface area contributed by atoms with E-state index in [1.165, 1.54) is 5.56 Å². The first-order valence-corrected chi connectivity index (χ1v) is 6.87. The van der Waals surface area contributed by atoms with Gasteiger partial charge in [-0.1, -0.05) is 12.1 Å². The summed E-state index contributed by atoms with van der Waals surface area (Å²) >= 11 is 0. The quantitative estimate of drug-likeness (QED) is 0.865. The smallest absolute Gasteiger partial charge is 0.244 e. The van der Waals surface area contributed by atoms with Gasteiger partial charge in [0.2, 0.25) is 5.91 Å². The molecule has 2 N–H and O–H groups in total. The Morgan fingerprint density at radius 2 is 2.21 bits per heavy atom. The highest BCUT2D eigenvalue weighted by Gasteiger charge is 2.27. The van der Waals surface area contributed by atoms with Crippen molar-refractivity contribution in [1.82, 2.24) is 5.32 Å². The van der Waals surface area contributed by atoms with Gasteiger partial charge in [-0.05, 0) is 50.4 Å². The summed E-state index contributed by atoms with van der Waals surface area (Å²) in [5, 5.41) is 12.3. The van der Waals surface area contributed by atoms with Gasteiger partial charge in [0.25, 0.3) is 0 Å². The molecule has 0 bridgehead atoms. The molecular weight excluding hydrogens is 240 g/mol. The standard InChI is InChI=1S/C15H22N2O2/c1-11-5-3-6-14(12(11)2)17-9-4-8-16-13(7-10-18)15(17)19/h3,5-6,13,16,18H,4,7-10H2,1-2H3. The van der Waals surface area contributed by atoms with Crippen molar-refractivity contribution in [1.29, 1.82) is 0 Å². The molecule has 1 aromatic carbocycles. The Bertz CT molecular complexity index is 459. The zero-order valence-electron chi connectivity index (χ0n) is 11.6. The molecule has 0 radical (unpaired) electrons. The molecule has 1 unspecified atom stereocenters. The van der Waals surface area contributed by atoms with E-state index in [2.05, 4.69) is 25.2 Å².